The number of hydrogen-bond donors (Lipinski definition) is 2. The van der Waals surface area contributed by atoms with E-state index in [1.54, 1.807) is 17.5 Å². The minimum absolute atomic E-state index is 0.206. The molecule has 0 amide bonds. The van der Waals surface area contributed by atoms with Gasteiger partial charge in [0.05, 0.1) is 17.6 Å². The third-order valence-electron chi connectivity index (χ3n) is 5.89. The maximum atomic E-state index is 6.67. The number of hydrogen-bond acceptors (Lipinski definition) is 9. The lowest BCUT2D eigenvalue weighted by atomic mass is 9.92. The predicted octanol–water partition coefficient (Wildman–Crippen LogP) is 1.16. The van der Waals surface area contributed by atoms with Crippen molar-refractivity contribution in [1.82, 2.24) is 29.2 Å². The van der Waals surface area contributed by atoms with Crippen molar-refractivity contribution in [3.8, 4) is 11.4 Å². The molecule has 1 atom stereocenters. The van der Waals surface area contributed by atoms with Crippen molar-refractivity contribution in [2.45, 2.75) is 5.54 Å². The van der Waals surface area contributed by atoms with Gasteiger partial charge in [-0.15, -0.1) is 0 Å². The molecule has 1 saturated heterocycles. The van der Waals surface area contributed by atoms with Crippen LogP contribution in [0, 0.1) is 0 Å². The Morgan fingerprint density at radius 3 is 2.68 bits per heavy atom. The van der Waals surface area contributed by atoms with E-state index in [-0.39, 0.29) is 6.54 Å². The maximum absolute atomic E-state index is 6.67. The largest absolute Gasteiger partial charge is 0.351 e. The Bertz CT molecular complexity index is 1180. The molecule has 5 rings (SSSR count). The lowest BCUT2D eigenvalue weighted by Crippen LogP contribution is -2.46. The predicted molar refractivity (Wildman–Crippen MR) is 122 cm³/mol. The monoisotopic (exact) mass is 435 g/mol. The molecule has 10 heteroatoms. The number of nitrogens with two attached hydrogens (primary N) is 2. The summed E-state index contributed by atoms with van der Waals surface area (Å²) in [5, 5.41) is 3.97. The number of thiophene rings is 1. The average molecular weight is 436 g/mol. The second-order valence-corrected chi connectivity index (χ2v) is 8.61. The number of aromatic nitrogens is 5. The Labute approximate surface area is 184 Å². The van der Waals surface area contributed by atoms with E-state index in [1.807, 2.05) is 45.9 Å². The summed E-state index contributed by atoms with van der Waals surface area (Å²) >= 11 is 1.58. The Morgan fingerprint density at radius 2 is 1.94 bits per heavy atom. The van der Waals surface area contributed by atoms with Crippen LogP contribution in [-0.2, 0) is 5.54 Å². The first-order valence-electron chi connectivity index (χ1n) is 10.2. The Hall–Kier alpha value is -2.92. The summed E-state index contributed by atoms with van der Waals surface area (Å²) in [6.45, 7) is 4.07. The van der Waals surface area contributed by atoms with E-state index in [9.17, 15) is 0 Å². The van der Waals surface area contributed by atoms with Gasteiger partial charge in [0.15, 0.2) is 17.3 Å². The van der Waals surface area contributed by atoms with E-state index in [0.29, 0.717) is 5.82 Å². The topological polar surface area (TPSA) is 114 Å². The van der Waals surface area contributed by atoms with Crippen LogP contribution in [0.25, 0.3) is 17.0 Å². The first-order chi connectivity index (χ1) is 15.1. The average Bonchev–Trinajstić information content (AvgIpc) is 3.50. The van der Waals surface area contributed by atoms with Gasteiger partial charge in [0.2, 0.25) is 0 Å². The summed E-state index contributed by atoms with van der Waals surface area (Å²) in [7, 11) is 2.14. The van der Waals surface area contributed by atoms with Crippen LogP contribution in [0.15, 0.2) is 47.7 Å². The molecular formula is C21H25N9S. The van der Waals surface area contributed by atoms with Gasteiger partial charge in [0.1, 0.15) is 5.54 Å². The van der Waals surface area contributed by atoms with Crippen LogP contribution < -0.4 is 16.4 Å². The van der Waals surface area contributed by atoms with Crippen LogP contribution in [0.1, 0.15) is 11.4 Å². The van der Waals surface area contributed by atoms with Crippen LogP contribution in [0.2, 0.25) is 0 Å². The molecule has 0 saturated carbocycles. The summed E-state index contributed by atoms with van der Waals surface area (Å²) in [6, 6.07) is 3.84. The smallest absolute Gasteiger partial charge is 0.180 e. The number of nitrogens with zero attached hydrogens (tertiary/aromatic N) is 7. The number of fused-ring (bicyclic) bond motifs is 1. The van der Waals surface area contributed by atoms with E-state index in [4.69, 9.17) is 16.5 Å². The second-order valence-electron chi connectivity index (χ2n) is 7.83. The Balaban J connectivity index is 1.55. The van der Waals surface area contributed by atoms with E-state index >= 15 is 0 Å². The normalized spacial score (nSPS) is 17.2. The molecule has 0 radical (unpaired) electrons. The third-order valence-corrected chi connectivity index (χ3v) is 6.57. The standard InChI is InChI=1S/C21H25N9S/c1-28-7-9-29(10-8-28)18-19-26-12-17(30(19)6-5-24-18)16-2-4-25-20(27-16)21(23,14-22)15-3-11-31-13-15/h2-6,11-13H,7-10,14,22-23H2,1H3. The van der Waals surface area contributed by atoms with Crippen molar-refractivity contribution < 1.29 is 0 Å². The first kappa shape index (κ1) is 20.0. The van der Waals surface area contributed by atoms with Crippen molar-refractivity contribution in [2.24, 2.45) is 11.5 Å². The number of rotatable bonds is 5. The quantitative estimate of drug-likeness (QED) is 0.480. The van der Waals surface area contributed by atoms with Crippen molar-refractivity contribution in [3.05, 3.63) is 59.1 Å². The van der Waals surface area contributed by atoms with Gasteiger partial charge in [-0.25, -0.2) is 19.9 Å². The third kappa shape index (κ3) is 3.47. The molecular weight excluding hydrogens is 410 g/mol. The van der Waals surface area contributed by atoms with E-state index in [2.05, 4.69) is 31.8 Å². The molecule has 4 aromatic heterocycles. The van der Waals surface area contributed by atoms with Crippen LogP contribution in [0.4, 0.5) is 5.82 Å². The van der Waals surface area contributed by atoms with Gasteiger partial charge in [-0.2, -0.15) is 11.3 Å². The lowest BCUT2D eigenvalue weighted by molar-refractivity contribution is 0.312. The zero-order valence-electron chi connectivity index (χ0n) is 17.3. The number of imidazole rings is 1. The molecule has 0 bridgehead atoms. The van der Waals surface area contributed by atoms with E-state index in [1.165, 1.54) is 0 Å². The van der Waals surface area contributed by atoms with Crippen molar-refractivity contribution in [1.29, 1.82) is 0 Å². The zero-order chi connectivity index (χ0) is 21.4. The zero-order valence-corrected chi connectivity index (χ0v) is 18.2. The molecule has 4 N–H and O–H groups in total. The second kappa shape index (κ2) is 7.97. The fourth-order valence-corrected chi connectivity index (χ4v) is 4.65. The molecule has 1 unspecified atom stereocenters. The molecule has 160 valence electrons. The Morgan fingerprint density at radius 1 is 1.10 bits per heavy atom. The van der Waals surface area contributed by atoms with Crippen molar-refractivity contribution >= 4 is 22.8 Å². The highest BCUT2D eigenvalue weighted by Crippen LogP contribution is 2.28. The molecule has 1 aliphatic rings. The summed E-state index contributed by atoms with van der Waals surface area (Å²) < 4.78 is 2.03. The van der Waals surface area contributed by atoms with Crippen LogP contribution >= 0.6 is 11.3 Å². The number of likely N-dealkylation sites (N-methyl/N-ethyl adjacent to an activating group) is 1. The molecule has 0 aliphatic carbocycles. The highest BCUT2D eigenvalue weighted by Gasteiger charge is 2.32. The first-order valence-corrected chi connectivity index (χ1v) is 11.2. The van der Waals surface area contributed by atoms with Crippen molar-refractivity contribution in [2.75, 3.05) is 44.7 Å². The van der Waals surface area contributed by atoms with Gasteiger partial charge in [-0.3, -0.25) is 4.40 Å². The SMILES string of the molecule is CN1CCN(c2nccn3c(-c4ccnc(C(N)(CN)c5ccsc5)n4)cnc23)CC1. The summed E-state index contributed by atoms with van der Waals surface area (Å²) in [5.41, 5.74) is 15.1. The van der Waals surface area contributed by atoms with Gasteiger partial charge in [-0.1, -0.05) is 0 Å². The summed E-state index contributed by atoms with van der Waals surface area (Å²) in [5.74, 6) is 1.39. The fourth-order valence-electron chi connectivity index (χ4n) is 3.91. The molecule has 4 aromatic rings. The lowest BCUT2D eigenvalue weighted by Gasteiger charge is -2.33. The molecule has 0 aromatic carbocycles. The van der Waals surface area contributed by atoms with Gasteiger partial charge in [0, 0.05) is 51.3 Å². The van der Waals surface area contributed by atoms with Gasteiger partial charge in [-0.05, 0) is 35.5 Å². The fraction of sp³-hybridized carbons (Fsp3) is 0.333. The minimum atomic E-state index is -0.941. The summed E-state index contributed by atoms with van der Waals surface area (Å²) in [6.07, 6.45) is 7.28. The maximum Gasteiger partial charge on any atom is 0.180 e. The molecule has 1 fully saturated rings. The molecule has 0 spiro atoms. The van der Waals surface area contributed by atoms with E-state index in [0.717, 1.165) is 54.6 Å². The number of anilines is 1. The molecule has 9 nitrogen and oxygen atoms in total. The number of piperazine rings is 1. The molecule has 5 heterocycles. The van der Waals surface area contributed by atoms with Crippen LogP contribution in [-0.4, -0.2) is 69.0 Å². The molecule has 31 heavy (non-hydrogen) atoms. The minimum Gasteiger partial charge on any atom is -0.351 e. The van der Waals surface area contributed by atoms with Gasteiger partial charge < -0.3 is 21.3 Å². The van der Waals surface area contributed by atoms with Crippen molar-refractivity contribution in [3.63, 3.8) is 0 Å². The van der Waals surface area contributed by atoms with Crippen LogP contribution in [0.5, 0.6) is 0 Å². The Kier molecular flexibility index (Phi) is 5.14. The summed E-state index contributed by atoms with van der Waals surface area (Å²) in [4.78, 5) is 23.2. The van der Waals surface area contributed by atoms with Gasteiger partial charge in [0.25, 0.3) is 0 Å². The molecule has 1 aliphatic heterocycles. The van der Waals surface area contributed by atoms with E-state index < -0.39 is 5.54 Å². The van der Waals surface area contributed by atoms with Crippen LogP contribution in [0.3, 0.4) is 0 Å². The highest BCUT2D eigenvalue weighted by atomic mass is 32.1. The van der Waals surface area contributed by atoms with Gasteiger partial charge >= 0.3 is 0 Å². The highest BCUT2D eigenvalue weighted by molar-refractivity contribution is 7.08.